The molecule has 0 fully saturated rings. The Balaban J connectivity index is 0.000001000. The van der Waals surface area contributed by atoms with E-state index in [9.17, 15) is 0 Å². The van der Waals surface area contributed by atoms with Gasteiger partial charge in [0.05, 0.1) is 17.6 Å². The monoisotopic (exact) mass is 175 g/mol. The normalized spacial score (nSPS) is 8.91. The molecule has 0 amide bonds. The van der Waals surface area contributed by atoms with Crippen molar-refractivity contribution in [1.29, 1.82) is 0 Å². The quantitative estimate of drug-likeness (QED) is 0.643. The zero-order valence-electron chi connectivity index (χ0n) is 6.11. The molecule has 0 unspecified atom stereocenters. The van der Waals surface area contributed by atoms with Crippen LogP contribution in [0.25, 0.3) is 0 Å². The van der Waals surface area contributed by atoms with Gasteiger partial charge in [0.2, 0.25) is 0 Å². The Morgan fingerprint density at radius 3 is 2.73 bits per heavy atom. The Kier molecular flexibility index (Phi) is 3.78. The number of nitrogens with two attached hydrogens (primary N) is 1. The van der Waals surface area contributed by atoms with E-state index in [4.69, 9.17) is 10.8 Å². The van der Waals surface area contributed by atoms with Crippen molar-refractivity contribution < 1.29 is 5.11 Å². The number of aromatic nitrogens is 2. The van der Waals surface area contributed by atoms with Crippen LogP contribution in [0, 0.1) is 6.92 Å². The first-order chi connectivity index (χ1) is 4.74. The van der Waals surface area contributed by atoms with Crippen LogP contribution in [0.2, 0.25) is 0 Å². The molecule has 3 N–H and O–H groups in total. The zero-order valence-corrected chi connectivity index (χ0v) is 6.93. The average molecular weight is 176 g/mol. The first-order valence-electron chi connectivity index (χ1n) is 2.93. The van der Waals surface area contributed by atoms with E-state index in [1.807, 2.05) is 0 Å². The van der Waals surface area contributed by atoms with Crippen molar-refractivity contribution in [1.82, 2.24) is 9.97 Å². The van der Waals surface area contributed by atoms with Gasteiger partial charge in [0.1, 0.15) is 6.61 Å². The Morgan fingerprint density at radius 1 is 1.64 bits per heavy atom. The second-order valence-electron chi connectivity index (χ2n) is 1.99. The fourth-order valence-corrected chi connectivity index (χ4v) is 0.601. The van der Waals surface area contributed by atoms with Crippen molar-refractivity contribution in [3.63, 3.8) is 0 Å². The number of rotatable bonds is 1. The summed E-state index contributed by atoms with van der Waals surface area (Å²) in [6.45, 7) is 1.64. The largest absolute Gasteiger partial charge is 0.396 e. The van der Waals surface area contributed by atoms with Crippen molar-refractivity contribution >= 4 is 18.1 Å². The Bertz CT molecular complexity index is 241. The first-order valence-corrected chi connectivity index (χ1v) is 2.93. The van der Waals surface area contributed by atoms with E-state index in [0.717, 1.165) is 0 Å². The number of nitrogen functional groups attached to an aromatic ring is 1. The van der Waals surface area contributed by atoms with Crippen LogP contribution >= 0.6 is 12.4 Å². The number of halogens is 1. The van der Waals surface area contributed by atoms with E-state index >= 15 is 0 Å². The number of aliphatic hydroxyl groups is 1. The van der Waals surface area contributed by atoms with Crippen LogP contribution in [0.3, 0.4) is 0 Å². The van der Waals surface area contributed by atoms with Crippen LogP contribution < -0.4 is 5.73 Å². The molecule has 0 saturated heterocycles. The summed E-state index contributed by atoms with van der Waals surface area (Å²) in [5.41, 5.74) is 6.70. The van der Waals surface area contributed by atoms with Gasteiger partial charge in [0, 0.05) is 0 Å². The molecule has 0 aliphatic rings. The van der Waals surface area contributed by atoms with Crippen LogP contribution in [-0.2, 0) is 6.61 Å². The summed E-state index contributed by atoms with van der Waals surface area (Å²) >= 11 is 0. The van der Waals surface area contributed by atoms with Gasteiger partial charge in [-0.15, -0.1) is 12.4 Å². The molecule has 0 aromatic carbocycles. The minimum Gasteiger partial charge on any atom is -0.396 e. The number of nitrogens with zero attached hydrogens (tertiary/aromatic N) is 2. The van der Waals surface area contributed by atoms with E-state index in [-0.39, 0.29) is 19.0 Å². The molecule has 0 atom stereocenters. The summed E-state index contributed by atoms with van der Waals surface area (Å²) in [6, 6.07) is 0. The number of aryl methyl sites for hydroxylation is 1. The van der Waals surface area contributed by atoms with E-state index in [1.54, 1.807) is 6.92 Å². The maximum Gasteiger partial charge on any atom is 0.154 e. The molecule has 1 aromatic rings. The second-order valence-corrected chi connectivity index (χ2v) is 1.99. The number of anilines is 1. The molecular formula is C6H10ClN3O. The SMILES string of the molecule is Cc1nc(CO)ncc1N.Cl. The maximum absolute atomic E-state index is 8.59. The molecule has 0 aliphatic heterocycles. The molecular weight excluding hydrogens is 166 g/mol. The molecule has 0 aliphatic carbocycles. The van der Waals surface area contributed by atoms with Gasteiger partial charge in [-0.3, -0.25) is 0 Å². The van der Waals surface area contributed by atoms with Gasteiger partial charge in [0.15, 0.2) is 5.82 Å². The van der Waals surface area contributed by atoms with Gasteiger partial charge in [0.25, 0.3) is 0 Å². The Labute approximate surface area is 70.9 Å². The summed E-state index contributed by atoms with van der Waals surface area (Å²) < 4.78 is 0. The lowest BCUT2D eigenvalue weighted by Gasteiger charge is -1.98. The summed E-state index contributed by atoms with van der Waals surface area (Å²) in [5, 5.41) is 8.59. The molecule has 5 heteroatoms. The van der Waals surface area contributed by atoms with Crippen molar-refractivity contribution in [3.8, 4) is 0 Å². The number of hydrogen-bond donors (Lipinski definition) is 2. The minimum atomic E-state index is -0.138. The van der Waals surface area contributed by atoms with Gasteiger partial charge < -0.3 is 10.8 Å². The van der Waals surface area contributed by atoms with Gasteiger partial charge in [-0.05, 0) is 6.92 Å². The van der Waals surface area contributed by atoms with E-state index < -0.39 is 0 Å². The summed E-state index contributed by atoms with van der Waals surface area (Å²) in [5.74, 6) is 0.409. The van der Waals surface area contributed by atoms with E-state index in [0.29, 0.717) is 17.2 Å². The molecule has 62 valence electrons. The predicted molar refractivity (Wildman–Crippen MR) is 44.4 cm³/mol. The number of hydrogen-bond acceptors (Lipinski definition) is 4. The van der Waals surface area contributed by atoms with Gasteiger partial charge in [-0.25, -0.2) is 9.97 Å². The minimum absolute atomic E-state index is 0. The van der Waals surface area contributed by atoms with E-state index in [1.165, 1.54) is 6.20 Å². The van der Waals surface area contributed by atoms with Gasteiger partial charge >= 0.3 is 0 Å². The third-order valence-corrected chi connectivity index (χ3v) is 1.21. The smallest absolute Gasteiger partial charge is 0.154 e. The Morgan fingerprint density at radius 2 is 2.27 bits per heavy atom. The lowest BCUT2D eigenvalue weighted by atomic mass is 10.4. The average Bonchev–Trinajstić information content (AvgIpc) is 1.95. The zero-order chi connectivity index (χ0) is 7.56. The summed E-state index contributed by atoms with van der Waals surface area (Å²) in [4.78, 5) is 7.68. The maximum atomic E-state index is 8.59. The molecule has 4 nitrogen and oxygen atoms in total. The molecule has 0 bridgehead atoms. The standard InChI is InChI=1S/C6H9N3O.ClH/c1-4-5(7)2-8-6(3-10)9-4;/h2,10H,3,7H2,1H3;1H. The first kappa shape index (κ1) is 10.1. The molecule has 0 spiro atoms. The van der Waals surface area contributed by atoms with Crippen LogP contribution in [0.1, 0.15) is 11.5 Å². The lowest BCUT2D eigenvalue weighted by Crippen LogP contribution is -2.00. The third-order valence-electron chi connectivity index (χ3n) is 1.21. The van der Waals surface area contributed by atoms with Gasteiger partial charge in [-0.1, -0.05) is 0 Å². The number of aliphatic hydroxyl groups excluding tert-OH is 1. The Hall–Kier alpha value is -0.870. The third kappa shape index (κ3) is 2.32. The van der Waals surface area contributed by atoms with Crippen LogP contribution in [0.5, 0.6) is 0 Å². The molecule has 11 heavy (non-hydrogen) atoms. The molecule has 1 aromatic heterocycles. The fourth-order valence-electron chi connectivity index (χ4n) is 0.601. The highest BCUT2D eigenvalue weighted by molar-refractivity contribution is 5.85. The van der Waals surface area contributed by atoms with Crippen LogP contribution in [0.15, 0.2) is 6.20 Å². The van der Waals surface area contributed by atoms with E-state index in [2.05, 4.69) is 9.97 Å². The molecule has 1 rings (SSSR count). The molecule has 0 radical (unpaired) electrons. The second kappa shape index (κ2) is 4.10. The fraction of sp³-hybridized carbons (Fsp3) is 0.333. The van der Waals surface area contributed by atoms with Crippen LogP contribution in [-0.4, -0.2) is 15.1 Å². The lowest BCUT2D eigenvalue weighted by molar-refractivity contribution is 0.271. The highest BCUT2D eigenvalue weighted by Gasteiger charge is 1.96. The highest BCUT2D eigenvalue weighted by atomic mass is 35.5. The summed E-state index contributed by atoms with van der Waals surface area (Å²) in [6.07, 6.45) is 1.49. The van der Waals surface area contributed by atoms with Crippen LogP contribution in [0.4, 0.5) is 5.69 Å². The summed E-state index contributed by atoms with van der Waals surface area (Å²) in [7, 11) is 0. The highest BCUT2D eigenvalue weighted by Crippen LogP contribution is 2.03. The molecule has 1 heterocycles. The van der Waals surface area contributed by atoms with Gasteiger partial charge in [-0.2, -0.15) is 0 Å². The predicted octanol–water partition coefficient (Wildman–Crippen LogP) is 0.281. The van der Waals surface area contributed by atoms with Crippen molar-refractivity contribution in [2.45, 2.75) is 13.5 Å². The topological polar surface area (TPSA) is 72.0 Å². The van der Waals surface area contributed by atoms with Crippen molar-refractivity contribution in [3.05, 3.63) is 17.7 Å². The van der Waals surface area contributed by atoms with Crippen molar-refractivity contribution in [2.75, 3.05) is 5.73 Å². The van der Waals surface area contributed by atoms with Crippen molar-refractivity contribution in [2.24, 2.45) is 0 Å². The molecule has 0 saturated carbocycles.